The van der Waals surface area contributed by atoms with Gasteiger partial charge < -0.3 is 4.90 Å². The number of thiophene rings is 1. The molecule has 0 radical (unpaired) electrons. The lowest BCUT2D eigenvalue weighted by Crippen LogP contribution is -2.42. The average Bonchev–Trinajstić information content (AvgIpc) is 3.10. The Hall–Kier alpha value is -1.86. The zero-order valence-corrected chi connectivity index (χ0v) is 15.1. The first kappa shape index (κ1) is 17.0. The van der Waals surface area contributed by atoms with Crippen molar-refractivity contribution in [2.24, 2.45) is 0 Å². The van der Waals surface area contributed by atoms with Gasteiger partial charge in [-0.15, -0.1) is 11.3 Å². The van der Waals surface area contributed by atoms with E-state index in [1.165, 1.54) is 0 Å². The van der Waals surface area contributed by atoms with Crippen molar-refractivity contribution in [2.45, 2.75) is 36.4 Å². The Morgan fingerprint density at radius 3 is 2.58 bits per heavy atom. The molecule has 1 aliphatic heterocycles. The Balaban J connectivity index is 1.72. The normalized spacial score (nSPS) is 18.4. The van der Waals surface area contributed by atoms with E-state index < -0.39 is 10.0 Å². The summed E-state index contributed by atoms with van der Waals surface area (Å²) in [5.41, 5.74) is 1.04. The summed E-state index contributed by atoms with van der Waals surface area (Å²) in [6, 6.07) is 10.1. The number of piperidine rings is 1. The fourth-order valence-corrected chi connectivity index (χ4v) is 4.92. The highest BCUT2D eigenvalue weighted by atomic mass is 32.2. The van der Waals surface area contributed by atoms with Crippen LogP contribution < -0.4 is 4.72 Å². The number of carbonyl (C=O) groups excluding carboxylic acids is 1. The molecule has 0 spiro atoms. The Kier molecular flexibility index (Phi) is 4.91. The number of nitrogens with one attached hydrogen (secondary N) is 1. The summed E-state index contributed by atoms with van der Waals surface area (Å²) < 4.78 is 27.2. The lowest BCUT2D eigenvalue weighted by molar-refractivity contribution is 0.0635. The van der Waals surface area contributed by atoms with Crippen molar-refractivity contribution in [3.8, 4) is 0 Å². The van der Waals surface area contributed by atoms with Gasteiger partial charge in [-0.2, -0.15) is 0 Å². The molecule has 1 aliphatic rings. The van der Waals surface area contributed by atoms with Gasteiger partial charge in [0, 0.05) is 23.8 Å². The maximum absolute atomic E-state index is 12.6. The molecule has 1 atom stereocenters. The zero-order chi connectivity index (χ0) is 17.2. The predicted molar refractivity (Wildman–Crippen MR) is 95.9 cm³/mol. The minimum absolute atomic E-state index is 0.00913. The Morgan fingerprint density at radius 2 is 1.96 bits per heavy atom. The molecule has 0 saturated carbocycles. The molecule has 2 heterocycles. The van der Waals surface area contributed by atoms with Gasteiger partial charge in [0.1, 0.15) is 4.21 Å². The lowest BCUT2D eigenvalue weighted by Gasteiger charge is -2.33. The fraction of sp³-hybridized carbons (Fsp3) is 0.353. The number of hydrogen-bond donors (Lipinski definition) is 1. The van der Waals surface area contributed by atoms with Crippen molar-refractivity contribution >= 4 is 33.0 Å². The van der Waals surface area contributed by atoms with Gasteiger partial charge in [-0.25, -0.2) is 8.42 Å². The second-order valence-corrected chi connectivity index (χ2v) is 8.82. The van der Waals surface area contributed by atoms with E-state index in [9.17, 15) is 13.2 Å². The number of likely N-dealkylation sites (tertiary alicyclic amines) is 1. The van der Waals surface area contributed by atoms with Gasteiger partial charge in [-0.3, -0.25) is 9.52 Å². The third-order valence-corrected chi connectivity index (χ3v) is 6.99. The van der Waals surface area contributed by atoms with Crippen molar-refractivity contribution in [1.29, 1.82) is 0 Å². The molecular weight excluding hydrogens is 344 g/mol. The topological polar surface area (TPSA) is 66.5 Å². The molecule has 1 N–H and O–H groups in total. The average molecular weight is 364 g/mol. The highest BCUT2D eigenvalue weighted by molar-refractivity contribution is 7.94. The van der Waals surface area contributed by atoms with Crippen molar-refractivity contribution in [3.05, 3.63) is 47.3 Å². The van der Waals surface area contributed by atoms with Gasteiger partial charge in [0.2, 0.25) is 0 Å². The third kappa shape index (κ3) is 3.62. The maximum Gasteiger partial charge on any atom is 0.271 e. The van der Waals surface area contributed by atoms with Gasteiger partial charge in [0.05, 0.1) is 0 Å². The van der Waals surface area contributed by atoms with Crippen LogP contribution in [0.25, 0.3) is 0 Å². The molecule has 1 unspecified atom stereocenters. The van der Waals surface area contributed by atoms with Gasteiger partial charge in [0.25, 0.3) is 15.9 Å². The van der Waals surface area contributed by atoms with Crippen molar-refractivity contribution in [2.75, 3.05) is 11.3 Å². The predicted octanol–water partition coefficient (Wildman–Crippen LogP) is 3.56. The second kappa shape index (κ2) is 6.94. The second-order valence-electron chi connectivity index (χ2n) is 5.96. The third-order valence-electron chi connectivity index (χ3n) is 4.21. The van der Waals surface area contributed by atoms with Crippen LogP contribution in [0.1, 0.15) is 36.5 Å². The van der Waals surface area contributed by atoms with E-state index in [0.717, 1.165) is 37.1 Å². The van der Waals surface area contributed by atoms with Crippen LogP contribution in [-0.4, -0.2) is 31.8 Å². The van der Waals surface area contributed by atoms with E-state index in [0.29, 0.717) is 11.3 Å². The molecule has 1 aromatic heterocycles. The van der Waals surface area contributed by atoms with Crippen LogP contribution in [0.3, 0.4) is 0 Å². The number of anilines is 1. The minimum atomic E-state index is -3.56. The van der Waals surface area contributed by atoms with Crippen LogP contribution in [0.5, 0.6) is 0 Å². The number of rotatable bonds is 4. The number of benzene rings is 1. The first-order valence-electron chi connectivity index (χ1n) is 7.95. The van der Waals surface area contributed by atoms with Crippen molar-refractivity contribution in [1.82, 2.24) is 4.90 Å². The molecular formula is C17H20N2O3S2. The quantitative estimate of drug-likeness (QED) is 0.902. The molecule has 3 rings (SSSR count). The Bertz CT molecular complexity index is 799. The van der Waals surface area contributed by atoms with Crippen LogP contribution in [0.4, 0.5) is 5.69 Å². The maximum atomic E-state index is 12.6. The molecule has 1 amide bonds. The summed E-state index contributed by atoms with van der Waals surface area (Å²) in [7, 11) is -3.56. The monoisotopic (exact) mass is 364 g/mol. The highest BCUT2D eigenvalue weighted by Crippen LogP contribution is 2.22. The summed E-state index contributed by atoms with van der Waals surface area (Å²) >= 11 is 1.16. The molecule has 5 nitrogen and oxygen atoms in total. The van der Waals surface area contributed by atoms with E-state index >= 15 is 0 Å². The molecule has 7 heteroatoms. The van der Waals surface area contributed by atoms with E-state index in [1.54, 1.807) is 41.8 Å². The van der Waals surface area contributed by atoms with Crippen LogP contribution in [0, 0.1) is 0 Å². The van der Waals surface area contributed by atoms with Gasteiger partial charge >= 0.3 is 0 Å². The SMILES string of the molecule is CC1CCCCN1C(=O)c1ccc(NS(=O)(=O)c2cccs2)cc1. The van der Waals surface area contributed by atoms with E-state index in [4.69, 9.17) is 0 Å². The molecule has 0 bridgehead atoms. The number of sulfonamides is 1. The minimum Gasteiger partial charge on any atom is -0.336 e. The van der Waals surface area contributed by atoms with E-state index in [-0.39, 0.29) is 16.2 Å². The lowest BCUT2D eigenvalue weighted by atomic mass is 10.0. The number of amides is 1. The van der Waals surface area contributed by atoms with Crippen molar-refractivity contribution < 1.29 is 13.2 Å². The summed E-state index contributed by atoms with van der Waals surface area (Å²) in [5.74, 6) is 0.00913. The highest BCUT2D eigenvalue weighted by Gasteiger charge is 2.24. The largest absolute Gasteiger partial charge is 0.336 e. The smallest absolute Gasteiger partial charge is 0.271 e. The van der Waals surface area contributed by atoms with Crippen molar-refractivity contribution in [3.63, 3.8) is 0 Å². The fourth-order valence-electron chi connectivity index (χ4n) is 2.87. The molecule has 1 fully saturated rings. The number of hydrogen-bond acceptors (Lipinski definition) is 4. The summed E-state index contributed by atoms with van der Waals surface area (Å²) in [6.07, 6.45) is 3.23. The molecule has 24 heavy (non-hydrogen) atoms. The Labute approximate surface area is 146 Å². The van der Waals surface area contributed by atoms with E-state index in [1.807, 2.05) is 4.90 Å². The molecule has 2 aromatic rings. The van der Waals surface area contributed by atoms with Crippen LogP contribution in [0.2, 0.25) is 0 Å². The van der Waals surface area contributed by atoms with Gasteiger partial charge in [-0.1, -0.05) is 6.07 Å². The zero-order valence-electron chi connectivity index (χ0n) is 13.4. The summed E-state index contributed by atoms with van der Waals surface area (Å²) in [5, 5.41) is 1.72. The van der Waals surface area contributed by atoms with Gasteiger partial charge in [-0.05, 0) is 61.9 Å². The molecule has 1 saturated heterocycles. The first-order valence-corrected chi connectivity index (χ1v) is 10.3. The molecule has 1 aromatic carbocycles. The molecule has 0 aliphatic carbocycles. The standard InChI is InChI=1S/C17H20N2O3S2/c1-13-5-2-3-11-19(13)17(20)14-7-9-15(10-8-14)18-24(21,22)16-6-4-12-23-16/h4,6-10,12-13,18H,2-3,5,11H2,1H3. The van der Waals surface area contributed by atoms with Crippen LogP contribution >= 0.6 is 11.3 Å². The van der Waals surface area contributed by atoms with Crippen LogP contribution in [0.15, 0.2) is 46.0 Å². The Morgan fingerprint density at radius 1 is 1.21 bits per heavy atom. The number of nitrogens with zero attached hydrogens (tertiary/aromatic N) is 1. The summed E-state index contributed by atoms with van der Waals surface area (Å²) in [4.78, 5) is 14.5. The number of carbonyl (C=O) groups is 1. The first-order chi connectivity index (χ1) is 11.5. The van der Waals surface area contributed by atoms with E-state index in [2.05, 4.69) is 11.6 Å². The molecule has 128 valence electrons. The van der Waals surface area contributed by atoms with Gasteiger partial charge in [0.15, 0.2) is 0 Å². The summed E-state index contributed by atoms with van der Waals surface area (Å²) in [6.45, 7) is 2.85. The van der Waals surface area contributed by atoms with Crippen LogP contribution in [-0.2, 0) is 10.0 Å².